The number of hydrogen-bond donors (Lipinski definition) is 0. The molecule has 6 nitrogen and oxygen atoms in total. The fraction of sp³-hybridized carbons (Fsp3) is 0.278. The normalized spacial score (nSPS) is 14.7. The van der Waals surface area contributed by atoms with Crippen molar-refractivity contribution in [3.63, 3.8) is 0 Å². The first-order valence-corrected chi connectivity index (χ1v) is 8.55. The number of ether oxygens (including phenoxy) is 1. The number of halogens is 1. The lowest BCUT2D eigenvalue weighted by Gasteiger charge is -2.26. The molecular weight excluding hydrogens is 388 g/mol. The molecule has 1 aromatic heterocycles. The van der Waals surface area contributed by atoms with Crippen molar-refractivity contribution in [1.82, 2.24) is 4.57 Å². The fourth-order valence-electron chi connectivity index (χ4n) is 2.78. The lowest BCUT2D eigenvalue weighted by atomic mass is 10.0. The smallest absolute Gasteiger partial charge is 0.265 e. The van der Waals surface area contributed by atoms with Crippen molar-refractivity contribution < 1.29 is 14.3 Å². The van der Waals surface area contributed by atoms with Crippen molar-refractivity contribution in [3.05, 3.63) is 56.4 Å². The average Bonchev–Trinajstić information content (AvgIpc) is 2.60. The maximum atomic E-state index is 12.9. The number of pyridine rings is 1. The maximum absolute atomic E-state index is 12.9. The van der Waals surface area contributed by atoms with E-state index in [1.54, 1.807) is 44.4 Å². The molecule has 0 saturated carbocycles. The zero-order valence-electron chi connectivity index (χ0n) is 14.1. The molecule has 2 aromatic rings. The van der Waals surface area contributed by atoms with Crippen molar-refractivity contribution in [2.45, 2.75) is 19.9 Å². The largest absolute Gasteiger partial charge is 0.482 e. The number of fused-ring (bicyclic) bond motifs is 1. The SMILES string of the molecule is Cc1cc(Br)c(=O)n(C(C)C(=O)c2ccc3c(c2)N(C)C(=O)CO3)c1. The van der Waals surface area contributed by atoms with Gasteiger partial charge < -0.3 is 14.2 Å². The van der Waals surface area contributed by atoms with Gasteiger partial charge in [-0.3, -0.25) is 14.4 Å². The third-order valence-corrected chi connectivity index (χ3v) is 4.83. The average molecular weight is 405 g/mol. The third kappa shape index (κ3) is 3.11. The minimum Gasteiger partial charge on any atom is -0.482 e. The molecule has 0 fully saturated rings. The number of hydrogen-bond acceptors (Lipinski definition) is 4. The van der Waals surface area contributed by atoms with Crippen LogP contribution in [0.3, 0.4) is 0 Å². The third-order valence-electron chi connectivity index (χ3n) is 4.26. The summed E-state index contributed by atoms with van der Waals surface area (Å²) < 4.78 is 7.20. The molecule has 25 heavy (non-hydrogen) atoms. The number of Topliss-reactive ketones (excluding diaryl/α,β-unsaturated/α-hetero) is 1. The zero-order valence-corrected chi connectivity index (χ0v) is 15.7. The Morgan fingerprint density at radius 2 is 2.00 bits per heavy atom. The molecule has 1 aromatic carbocycles. The second-order valence-corrected chi connectivity index (χ2v) is 6.90. The Morgan fingerprint density at radius 3 is 2.72 bits per heavy atom. The molecule has 0 aliphatic carbocycles. The molecule has 1 aliphatic rings. The number of likely N-dealkylation sites (N-methyl/N-ethyl adjacent to an activating group) is 1. The van der Waals surface area contributed by atoms with Gasteiger partial charge in [0.05, 0.1) is 16.2 Å². The molecule has 2 heterocycles. The molecular formula is C18H17BrN2O4. The van der Waals surface area contributed by atoms with Gasteiger partial charge in [0.1, 0.15) is 5.75 Å². The molecule has 130 valence electrons. The van der Waals surface area contributed by atoms with Crippen LogP contribution in [0.25, 0.3) is 0 Å². The standard InChI is InChI=1S/C18H17BrN2O4/c1-10-6-13(19)18(24)21(8-10)11(2)17(23)12-4-5-15-14(7-12)20(3)16(22)9-25-15/h4-8,11H,9H2,1-3H3. The van der Waals surface area contributed by atoms with Crippen LogP contribution in [0.2, 0.25) is 0 Å². The van der Waals surface area contributed by atoms with Crippen molar-refractivity contribution >= 4 is 33.3 Å². The number of carbonyl (C=O) groups excluding carboxylic acids is 2. The van der Waals surface area contributed by atoms with Crippen LogP contribution in [0, 0.1) is 6.92 Å². The van der Waals surface area contributed by atoms with Crippen molar-refractivity contribution in [2.24, 2.45) is 0 Å². The van der Waals surface area contributed by atoms with Crippen LogP contribution in [0.5, 0.6) is 5.75 Å². The molecule has 1 unspecified atom stereocenters. The quantitative estimate of drug-likeness (QED) is 0.737. The van der Waals surface area contributed by atoms with Crippen LogP contribution in [-0.4, -0.2) is 29.9 Å². The molecule has 1 aliphatic heterocycles. The molecule has 0 saturated heterocycles. The molecule has 0 bridgehead atoms. The molecule has 1 atom stereocenters. The van der Waals surface area contributed by atoms with E-state index in [0.29, 0.717) is 21.5 Å². The van der Waals surface area contributed by atoms with E-state index >= 15 is 0 Å². The van der Waals surface area contributed by atoms with E-state index in [4.69, 9.17) is 4.74 Å². The number of amides is 1. The second-order valence-electron chi connectivity index (χ2n) is 6.04. The summed E-state index contributed by atoms with van der Waals surface area (Å²) in [5.41, 5.74) is 1.57. The van der Waals surface area contributed by atoms with Gasteiger partial charge in [0.15, 0.2) is 12.4 Å². The van der Waals surface area contributed by atoms with E-state index in [0.717, 1.165) is 5.56 Å². The molecule has 3 rings (SSSR count). The van der Waals surface area contributed by atoms with E-state index < -0.39 is 6.04 Å². The predicted molar refractivity (Wildman–Crippen MR) is 97.5 cm³/mol. The van der Waals surface area contributed by atoms with E-state index in [9.17, 15) is 14.4 Å². The highest BCUT2D eigenvalue weighted by atomic mass is 79.9. The van der Waals surface area contributed by atoms with Crippen LogP contribution < -0.4 is 15.2 Å². The summed E-state index contributed by atoms with van der Waals surface area (Å²) in [6.45, 7) is 3.52. The second kappa shape index (κ2) is 6.48. The van der Waals surface area contributed by atoms with Gasteiger partial charge in [-0.05, 0) is 59.6 Å². The van der Waals surface area contributed by atoms with E-state index in [2.05, 4.69) is 15.9 Å². The van der Waals surface area contributed by atoms with Gasteiger partial charge >= 0.3 is 0 Å². The number of rotatable bonds is 3. The van der Waals surface area contributed by atoms with Gasteiger partial charge in [-0.2, -0.15) is 0 Å². The summed E-state index contributed by atoms with van der Waals surface area (Å²) in [5, 5.41) is 0. The van der Waals surface area contributed by atoms with E-state index in [1.165, 1.54) is 9.47 Å². The van der Waals surface area contributed by atoms with E-state index in [1.807, 2.05) is 6.92 Å². The van der Waals surface area contributed by atoms with Gasteiger partial charge in [0.25, 0.3) is 11.5 Å². The minimum absolute atomic E-state index is 0.0140. The van der Waals surface area contributed by atoms with Crippen LogP contribution in [0.4, 0.5) is 5.69 Å². The Labute approximate surface area is 153 Å². The van der Waals surface area contributed by atoms with Gasteiger partial charge in [-0.1, -0.05) is 0 Å². The maximum Gasteiger partial charge on any atom is 0.265 e. The predicted octanol–water partition coefficient (Wildman–Crippen LogP) is 2.72. The molecule has 7 heteroatoms. The number of anilines is 1. The van der Waals surface area contributed by atoms with Gasteiger partial charge in [-0.25, -0.2) is 0 Å². The summed E-state index contributed by atoms with van der Waals surface area (Å²) in [4.78, 5) is 38.4. The van der Waals surface area contributed by atoms with Crippen LogP contribution in [-0.2, 0) is 4.79 Å². The lowest BCUT2D eigenvalue weighted by Crippen LogP contribution is -2.35. The number of ketones is 1. The summed E-state index contributed by atoms with van der Waals surface area (Å²) in [6, 6.07) is 5.99. The molecule has 1 amide bonds. The van der Waals surface area contributed by atoms with E-state index in [-0.39, 0.29) is 23.9 Å². The first kappa shape index (κ1) is 17.4. The summed E-state index contributed by atoms with van der Waals surface area (Å²) in [6.07, 6.45) is 1.66. The topological polar surface area (TPSA) is 68.6 Å². The lowest BCUT2D eigenvalue weighted by molar-refractivity contribution is -0.120. The number of carbonyl (C=O) groups is 2. The highest BCUT2D eigenvalue weighted by molar-refractivity contribution is 9.10. The highest BCUT2D eigenvalue weighted by Gasteiger charge is 2.25. The monoisotopic (exact) mass is 404 g/mol. The number of aromatic nitrogens is 1. The van der Waals surface area contributed by atoms with Crippen molar-refractivity contribution in [1.29, 1.82) is 0 Å². The fourth-order valence-corrected chi connectivity index (χ4v) is 3.35. The Hall–Kier alpha value is -2.41. The minimum atomic E-state index is -0.674. The molecule has 0 radical (unpaired) electrons. The zero-order chi connectivity index (χ0) is 18.3. The van der Waals surface area contributed by atoms with Crippen molar-refractivity contribution in [3.8, 4) is 5.75 Å². The summed E-state index contributed by atoms with van der Waals surface area (Å²) in [5.74, 6) is 0.166. The Bertz CT molecular complexity index is 935. The van der Waals surface area contributed by atoms with Crippen LogP contribution >= 0.6 is 15.9 Å². The first-order chi connectivity index (χ1) is 11.8. The van der Waals surface area contributed by atoms with Crippen LogP contribution in [0.15, 0.2) is 39.7 Å². The summed E-state index contributed by atoms with van der Waals surface area (Å²) in [7, 11) is 1.64. The highest BCUT2D eigenvalue weighted by Crippen LogP contribution is 2.32. The Kier molecular flexibility index (Phi) is 4.51. The number of benzene rings is 1. The number of nitrogens with zero attached hydrogens (tertiary/aromatic N) is 2. The van der Waals surface area contributed by atoms with Gasteiger partial charge in [0, 0.05) is 18.8 Å². The molecule has 0 N–H and O–H groups in total. The summed E-state index contributed by atoms with van der Waals surface area (Å²) >= 11 is 3.23. The molecule has 0 spiro atoms. The number of aryl methyl sites for hydroxylation is 1. The van der Waals surface area contributed by atoms with Gasteiger partial charge in [0.2, 0.25) is 0 Å². The van der Waals surface area contributed by atoms with Gasteiger partial charge in [-0.15, -0.1) is 0 Å². The van der Waals surface area contributed by atoms with Crippen molar-refractivity contribution in [2.75, 3.05) is 18.6 Å². The Morgan fingerprint density at radius 1 is 1.28 bits per heavy atom. The van der Waals surface area contributed by atoms with Crippen LogP contribution in [0.1, 0.15) is 28.9 Å². The first-order valence-electron chi connectivity index (χ1n) is 7.75. The Balaban J connectivity index is 1.99.